The standard InChI is InChI=1S/C28H33N3O6S/c1-35-25-17-21(18-26(36-2)28(25)37-3)19-30(27-9-5-6-14-29-27)20-24(32)22-10-12-23(13-11-22)38(33,34)31-15-7-4-8-16-31/h5-6,9-14,17-18H,4,7-8,15-16,19-20H2,1-3H3. The Bertz CT molecular complexity index is 1320. The van der Waals surface area contributed by atoms with Gasteiger partial charge in [0, 0.05) is 31.4 Å². The van der Waals surface area contributed by atoms with E-state index in [-0.39, 0.29) is 17.2 Å². The summed E-state index contributed by atoms with van der Waals surface area (Å²) >= 11 is 0. The number of carbonyl (C=O) groups is 1. The topological polar surface area (TPSA) is 98.3 Å². The van der Waals surface area contributed by atoms with Crippen LogP contribution in [0.3, 0.4) is 0 Å². The molecule has 9 nitrogen and oxygen atoms in total. The van der Waals surface area contributed by atoms with Crippen LogP contribution in [-0.4, -0.2) is 64.5 Å². The van der Waals surface area contributed by atoms with Crippen LogP contribution in [0.2, 0.25) is 0 Å². The lowest BCUT2D eigenvalue weighted by Crippen LogP contribution is -2.35. The number of aromatic nitrogens is 1. The highest BCUT2D eigenvalue weighted by Gasteiger charge is 2.26. The Kier molecular flexibility index (Phi) is 8.85. The third-order valence-corrected chi connectivity index (χ3v) is 8.45. The first kappa shape index (κ1) is 27.4. The lowest BCUT2D eigenvalue weighted by atomic mass is 10.1. The molecule has 38 heavy (non-hydrogen) atoms. The number of carbonyl (C=O) groups excluding carboxylic acids is 1. The van der Waals surface area contributed by atoms with E-state index in [1.54, 1.807) is 39.7 Å². The van der Waals surface area contributed by atoms with Crippen molar-refractivity contribution in [2.75, 3.05) is 45.9 Å². The second kappa shape index (κ2) is 12.3. The lowest BCUT2D eigenvalue weighted by molar-refractivity contribution is 0.0998. The lowest BCUT2D eigenvalue weighted by Gasteiger charge is -2.26. The van der Waals surface area contributed by atoms with Gasteiger partial charge in [0.2, 0.25) is 15.8 Å². The molecule has 1 fully saturated rings. The summed E-state index contributed by atoms with van der Waals surface area (Å²) in [6.45, 7) is 1.44. The van der Waals surface area contributed by atoms with Crippen molar-refractivity contribution in [3.05, 3.63) is 71.9 Å². The number of ether oxygens (including phenoxy) is 3. The molecule has 10 heteroatoms. The molecule has 1 aromatic heterocycles. The quantitative estimate of drug-likeness (QED) is 0.335. The van der Waals surface area contributed by atoms with Gasteiger partial charge < -0.3 is 19.1 Å². The van der Waals surface area contributed by atoms with Gasteiger partial charge in [0.25, 0.3) is 0 Å². The summed E-state index contributed by atoms with van der Waals surface area (Å²) in [6.07, 6.45) is 4.45. The number of anilines is 1. The highest BCUT2D eigenvalue weighted by molar-refractivity contribution is 7.89. The molecule has 4 rings (SSSR count). The number of Topliss-reactive ketones (excluding diaryl/α,β-unsaturated/α-hetero) is 1. The summed E-state index contributed by atoms with van der Waals surface area (Å²) < 4.78 is 43.9. The fourth-order valence-electron chi connectivity index (χ4n) is 4.54. The molecule has 0 spiro atoms. The van der Waals surface area contributed by atoms with E-state index in [1.807, 2.05) is 35.2 Å². The molecule has 2 aromatic carbocycles. The van der Waals surface area contributed by atoms with Crippen molar-refractivity contribution in [2.45, 2.75) is 30.7 Å². The maximum absolute atomic E-state index is 13.3. The predicted molar refractivity (Wildman–Crippen MR) is 145 cm³/mol. The molecule has 1 saturated heterocycles. The zero-order valence-electron chi connectivity index (χ0n) is 21.9. The van der Waals surface area contributed by atoms with E-state index in [0.717, 1.165) is 24.8 Å². The van der Waals surface area contributed by atoms with Crippen molar-refractivity contribution in [1.82, 2.24) is 9.29 Å². The largest absolute Gasteiger partial charge is 0.493 e. The fraction of sp³-hybridized carbons (Fsp3) is 0.357. The fourth-order valence-corrected chi connectivity index (χ4v) is 6.05. The molecular weight excluding hydrogens is 506 g/mol. The van der Waals surface area contributed by atoms with Crippen LogP contribution in [0.1, 0.15) is 35.2 Å². The van der Waals surface area contributed by atoms with Crippen molar-refractivity contribution in [1.29, 1.82) is 0 Å². The Hall–Kier alpha value is -3.63. The summed E-state index contributed by atoms with van der Waals surface area (Å²) in [5.74, 6) is 1.97. The van der Waals surface area contributed by atoms with Crippen molar-refractivity contribution in [3.8, 4) is 17.2 Å². The van der Waals surface area contributed by atoms with E-state index in [0.29, 0.717) is 48.3 Å². The van der Waals surface area contributed by atoms with Crippen molar-refractivity contribution in [2.24, 2.45) is 0 Å². The Morgan fingerprint density at radius 2 is 1.58 bits per heavy atom. The minimum Gasteiger partial charge on any atom is -0.493 e. The normalized spacial score (nSPS) is 14.1. The minimum absolute atomic E-state index is 0.0336. The predicted octanol–water partition coefficient (Wildman–Crippen LogP) is 4.17. The second-order valence-corrected chi connectivity index (χ2v) is 10.9. The van der Waals surface area contributed by atoms with Crippen molar-refractivity contribution >= 4 is 21.6 Å². The van der Waals surface area contributed by atoms with Crippen LogP contribution in [-0.2, 0) is 16.6 Å². The number of hydrogen-bond acceptors (Lipinski definition) is 8. The van der Waals surface area contributed by atoms with Crippen molar-refractivity contribution in [3.63, 3.8) is 0 Å². The molecule has 0 N–H and O–H groups in total. The van der Waals surface area contributed by atoms with Gasteiger partial charge in [0.1, 0.15) is 5.82 Å². The van der Waals surface area contributed by atoms with Gasteiger partial charge in [-0.2, -0.15) is 4.31 Å². The van der Waals surface area contributed by atoms with Crippen LogP contribution in [0.5, 0.6) is 17.2 Å². The summed E-state index contributed by atoms with van der Waals surface area (Å²) in [5, 5.41) is 0. The van der Waals surface area contributed by atoms with Crippen LogP contribution in [0, 0.1) is 0 Å². The molecule has 2 heterocycles. The van der Waals surface area contributed by atoms with Gasteiger partial charge in [-0.15, -0.1) is 0 Å². The minimum atomic E-state index is -3.56. The molecule has 0 unspecified atom stereocenters. The van der Waals surface area contributed by atoms with Crippen LogP contribution >= 0.6 is 0 Å². The molecule has 0 saturated carbocycles. The summed E-state index contributed by atoms with van der Waals surface area (Å²) in [5.41, 5.74) is 1.26. The molecule has 202 valence electrons. The smallest absolute Gasteiger partial charge is 0.243 e. The molecule has 0 atom stereocenters. The van der Waals surface area contributed by atoms with E-state index in [2.05, 4.69) is 4.98 Å². The summed E-state index contributed by atoms with van der Waals surface area (Å²) in [6, 6.07) is 15.4. The van der Waals surface area contributed by atoms with Gasteiger partial charge >= 0.3 is 0 Å². The molecule has 0 bridgehead atoms. The van der Waals surface area contributed by atoms with Gasteiger partial charge in [-0.1, -0.05) is 12.5 Å². The number of methoxy groups -OCH3 is 3. The first-order valence-electron chi connectivity index (χ1n) is 12.5. The SMILES string of the molecule is COc1cc(CN(CC(=O)c2ccc(S(=O)(=O)N3CCCCC3)cc2)c2ccccn2)cc(OC)c1OC. The monoisotopic (exact) mass is 539 g/mol. The summed E-state index contributed by atoms with van der Waals surface area (Å²) in [7, 11) is 1.08. The average molecular weight is 540 g/mol. The van der Waals surface area contributed by atoms with Crippen LogP contribution in [0.25, 0.3) is 0 Å². The Labute approximate surface area is 224 Å². The maximum atomic E-state index is 13.3. The molecule has 0 radical (unpaired) electrons. The van der Waals surface area contributed by atoms with E-state index < -0.39 is 10.0 Å². The maximum Gasteiger partial charge on any atom is 0.243 e. The number of ketones is 1. The molecule has 1 aliphatic rings. The van der Waals surface area contributed by atoms with Crippen molar-refractivity contribution < 1.29 is 27.4 Å². The van der Waals surface area contributed by atoms with Crippen LogP contribution < -0.4 is 19.1 Å². The van der Waals surface area contributed by atoms with Gasteiger partial charge in [0.05, 0.1) is 32.8 Å². The molecular formula is C28H33N3O6S. The number of sulfonamides is 1. The highest BCUT2D eigenvalue weighted by atomic mass is 32.2. The Morgan fingerprint density at radius 1 is 0.921 bits per heavy atom. The molecule has 1 aliphatic heterocycles. The first-order valence-corrected chi connectivity index (χ1v) is 13.9. The third-order valence-electron chi connectivity index (χ3n) is 6.53. The van der Waals surface area contributed by atoms with E-state index in [9.17, 15) is 13.2 Å². The Morgan fingerprint density at radius 3 is 2.13 bits per heavy atom. The number of benzene rings is 2. The third kappa shape index (κ3) is 6.08. The highest BCUT2D eigenvalue weighted by Crippen LogP contribution is 2.38. The Balaban J connectivity index is 1.57. The second-order valence-electron chi connectivity index (χ2n) is 8.99. The zero-order chi connectivity index (χ0) is 27.1. The van der Waals surface area contributed by atoms with Crippen LogP contribution in [0.15, 0.2) is 65.7 Å². The number of nitrogens with zero attached hydrogens (tertiary/aromatic N) is 3. The zero-order valence-corrected chi connectivity index (χ0v) is 22.7. The molecule has 0 aliphatic carbocycles. The number of rotatable bonds is 11. The molecule has 0 amide bonds. The van der Waals surface area contributed by atoms with E-state index >= 15 is 0 Å². The van der Waals surface area contributed by atoms with Gasteiger partial charge in [-0.05, 0) is 66.9 Å². The molecule has 3 aromatic rings. The van der Waals surface area contributed by atoms with E-state index in [4.69, 9.17) is 14.2 Å². The van der Waals surface area contributed by atoms with E-state index in [1.165, 1.54) is 16.4 Å². The number of hydrogen-bond donors (Lipinski definition) is 0. The van der Waals surface area contributed by atoms with Crippen LogP contribution in [0.4, 0.5) is 5.82 Å². The van der Waals surface area contributed by atoms with Gasteiger partial charge in [-0.3, -0.25) is 4.79 Å². The van der Waals surface area contributed by atoms with Gasteiger partial charge in [-0.25, -0.2) is 13.4 Å². The average Bonchev–Trinajstić information content (AvgIpc) is 2.97. The first-order chi connectivity index (χ1) is 18.4. The number of piperidine rings is 1. The summed E-state index contributed by atoms with van der Waals surface area (Å²) in [4.78, 5) is 19.8. The van der Waals surface area contributed by atoms with Gasteiger partial charge in [0.15, 0.2) is 17.3 Å². The number of pyridine rings is 1.